The summed E-state index contributed by atoms with van der Waals surface area (Å²) in [7, 11) is -4.06. The molecule has 2 aromatic carbocycles. The van der Waals surface area contributed by atoms with Crippen molar-refractivity contribution in [3.05, 3.63) is 59.7 Å². The molecule has 2 aromatic rings. The van der Waals surface area contributed by atoms with Crippen molar-refractivity contribution in [3.8, 4) is 5.75 Å². The molecule has 1 aliphatic heterocycles. The number of aliphatic hydroxyl groups excluding tert-OH is 1. The Morgan fingerprint density at radius 3 is 2.57 bits per heavy atom. The second-order valence-electron chi connectivity index (χ2n) is 8.78. The van der Waals surface area contributed by atoms with E-state index in [1.54, 1.807) is 6.07 Å². The number of fused-ring (bicyclic) bond motifs is 1. The first-order valence-corrected chi connectivity index (χ1v) is 13.9. The summed E-state index contributed by atoms with van der Waals surface area (Å²) < 4.78 is 75.1. The number of alkyl halides is 3. The summed E-state index contributed by atoms with van der Waals surface area (Å²) in [5.74, 6) is 0.576. The van der Waals surface area contributed by atoms with Gasteiger partial charge in [-0.3, -0.25) is 9.87 Å². The molecule has 0 saturated heterocycles. The number of ether oxygens (including phenoxy) is 1. The summed E-state index contributed by atoms with van der Waals surface area (Å²) >= 11 is 1.49. The minimum Gasteiger partial charge on any atom is -0.494 e. The molecule has 3 atom stereocenters. The highest BCUT2D eigenvalue weighted by Gasteiger charge is 2.40. The predicted molar refractivity (Wildman–Crippen MR) is 129 cm³/mol. The highest BCUT2D eigenvalue weighted by Crippen LogP contribution is 2.42. The average Bonchev–Trinajstić information content (AvgIpc) is 2.93. The Balaban J connectivity index is 1.87. The minimum atomic E-state index is -4.45. The summed E-state index contributed by atoms with van der Waals surface area (Å²) in [6.07, 6.45) is -6.63. The maximum Gasteiger partial charge on any atom is 0.391 e. The lowest BCUT2D eigenvalue weighted by molar-refractivity contribution is -0.155. The van der Waals surface area contributed by atoms with Crippen LogP contribution in [0.4, 0.5) is 13.2 Å². The van der Waals surface area contributed by atoms with Gasteiger partial charge in [-0.25, -0.2) is 0 Å². The van der Waals surface area contributed by atoms with Crippen LogP contribution in [0, 0.1) is 0 Å². The maximum atomic E-state index is 12.9. The molecule has 0 amide bonds. The quantitative estimate of drug-likeness (QED) is 0.293. The zero-order valence-electron chi connectivity index (χ0n) is 19.3. The number of aliphatic hydroxyl groups is 1. The van der Waals surface area contributed by atoms with E-state index >= 15 is 0 Å². The SMILES string of the molecule is CCC1(CC(O)CC(F)(F)F)CSc2cc(OCCCS(=O)(=O)O)ccc2C(c2ccccc2)N1. The molecule has 0 aromatic heterocycles. The lowest BCUT2D eigenvalue weighted by Gasteiger charge is -2.37. The van der Waals surface area contributed by atoms with Crippen molar-refractivity contribution in [1.29, 1.82) is 0 Å². The molecule has 3 unspecified atom stereocenters. The normalized spacial score (nSPS) is 21.7. The van der Waals surface area contributed by atoms with Crippen LogP contribution in [0.15, 0.2) is 53.4 Å². The first kappa shape index (κ1) is 27.8. The van der Waals surface area contributed by atoms with Crippen molar-refractivity contribution in [2.24, 2.45) is 0 Å². The minimum absolute atomic E-state index is 0.0493. The second kappa shape index (κ2) is 11.5. The van der Waals surface area contributed by atoms with Crippen molar-refractivity contribution >= 4 is 21.9 Å². The molecule has 3 N–H and O–H groups in total. The molecule has 0 fully saturated rings. The van der Waals surface area contributed by atoms with Crippen LogP contribution in [0.3, 0.4) is 0 Å². The molecule has 194 valence electrons. The third-order valence-corrected chi connectivity index (χ3v) is 8.14. The van der Waals surface area contributed by atoms with Gasteiger partial charge in [0.25, 0.3) is 10.1 Å². The molecule has 6 nitrogen and oxygen atoms in total. The van der Waals surface area contributed by atoms with Gasteiger partial charge in [0, 0.05) is 16.2 Å². The first-order chi connectivity index (χ1) is 16.4. The van der Waals surface area contributed by atoms with Crippen molar-refractivity contribution < 1.29 is 36.0 Å². The Morgan fingerprint density at radius 1 is 1.23 bits per heavy atom. The van der Waals surface area contributed by atoms with Crippen LogP contribution >= 0.6 is 11.8 Å². The second-order valence-corrected chi connectivity index (χ2v) is 11.4. The lowest BCUT2D eigenvalue weighted by atomic mass is 9.87. The fourth-order valence-corrected chi connectivity index (χ4v) is 6.08. The smallest absolute Gasteiger partial charge is 0.391 e. The van der Waals surface area contributed by atoms with Gasteiger partial charge in [0.1, 0.15) is 5.75 Å². The van der Waals surface area contributed by atoms with Gasteiger partial charge in [-0.1, -0.05) is 43.3 Å². The lowest BCUT2D eigenvalue weighted by Crippen LogP contribution is -2.50. The standard InChI is InChI=1S/C24H30F3NO5S2/c1-2-23(14-18(29)15-24(25,26)27)16-34-21-13-19(33-11-6-12-35(30,31)32)9-10-20(21)22(28-23)17-7-4-3-5-8-17/h3-5,7-10,13,18,22,28-29H,2,6,11-12,14-16H2,1H3,(H,30,31,32). The number of hydrogen-bond donors (Lipinski definition) is 3. The van der Waals surface area contributed by atoms with Crippen LogP contribution < -0.4 is 10.1 Å². The molecule has 35 heavy (non-hydrogen) atoms. The average molecular weight is 534 g/mol. The van der Waals surface area contributed by atoms with Gasteiger partial charge < -0.3 is 9.84 Å². The van der Waals surface area contributed by atoms with Crippen LogP contribution in [0.5, 0.6) is 5.75 Å². The molecule has 0 spiro atoms. The van der Waals surface area contributed by atoms with Crippen molar-refractivity contribution in [2.75, 3.05) is 18.1 Å². The molecular weight excluding hydrogens is 503 g/mol. The number of rotatable bonds is 10. The highest BCUT2D eigenvalue weighted by atomic mass is 32.2. The number of benzene rings is 2. The Morgan fingerprint density at radius 2 is 1.94 bits per heavy atom. The van der Waals surface area contributed by atoms with Crippen LogP contribution in [0.25, 0.3) is 0 Å². The largest absolute Gasteiger partial charge is 0.494 e. The number of nitrogens with one attached hydrogen (secondary N) is 1. The predicted octanol–water partition coefficient (Wildman–Crippen LogP) is 4.98. The van der Waals surface area contributed by atoms with Gasteiger partial charge in [-0.05, 0) is 42.5 Å². The van der Waals surface area contributed by atoms with E-state index in [9.17, 15) is 26.7 Å². The molecule has 1 heterocycles. The van der Waals surface area contributed by atoms with Crippen molar-refractivity contribution in [1.82, 2.24) is 5.32 Å². The monoisotopic (exact) mass is 533 g/mol. The molecule has 0 aliphatic carbocycles. The van der Waals surface area contributed by atoms with E-state index in [0.29, 0.717) is 17.9 Å². The van der Waals surface area contributed by atoms with E-state index in [0.717, 1.165) is 16.0 Å². The molecule has 1 aliphatic rings. The maximum absolute atomic E-state index is 12.9. The van der Waals surface area contributed by atoms with Gasteiger partial charge in [-0.15, -0.1) is 11.8 Å². The Hall–Kier alpha value is -1.79. The van der Waals surface area contributed by atoms with Crippen LogP contribution in [0.1, 0.15) is 49.8 Å². The summed E-state index contributed by atoms with van der Waals surface area (Å²) in [6.45, 7) is 2.00. The van der Waals surface area contributed by atoms with Gasteiger partial charge in [0.15, 0.2) is 0 Å². The third-order valence-electron chi connectivity index (χ3n) is 5.97. The molecule has 0 saturated carbocycles. The van der Waals surface area contributed by atoms with Crippen LogP contribution in [-0.4, -0.2) is 54.0 Å². The number of hydrogen-bond acceptors (Lipinski definition) is 6. The molecule has 0 radical (unpaired) electrons. The Kier molecular flexibility index (Phi) is 9.14. The van der Waals surface area contributed by atoms with Crippen LogP contribution in [0.2, 0.25) is 0 Å². The summed E-state index contributed by atoms with van der Waals surface area (Å²) in [4.78, 5) is 0.888. The van der Waals surface area contributed by atoms with E-state index in [4.69, 9.17) is 9.29 Å². The zero-order chi connectivity index (χ0) is 25.7. The van der Waals surface area contributed by atoms with Gasteiger partial charge in [0.05, 0.1) is 30.9 Å². The van der Waals surface area contributed by atoms with E-state index in [1.807, 2.05) is 49.4 Å². The number of thioether (sulfide) groups is 1. The molecular formula is C24H30F3NO5S2. The molecule has 0 bridgehead atoms. The number of halogens is 3. The summed E-state index contributed by atoms with van der Waals surface area (Å²) in [5.41, 5.74) is 1.14. The van der Waals surface area contributed by atoms with E-state index in [-0.39, 0.29) is 25.5 Å². The van der Waals surface area contributed by atoms with Gasteiger partial charge in [0.2, 0.25) is 0 Å². The zero-order valence-corrected chi connectivity index (χ0v) is 20.9. The third kappa shape index (κ3) is 8.38. The van der Waals surface area contributed by atoms with E-state index < -0.39 is 40.1 Å². The highest BCUT2D eigenvalue weighted by molar-refractivity contribution is 7.99. The van der Waals surface area contributed by atoms with Gasteiger partial charge in [-0.2, -0.15) is 21.6 Å². The van der Waals surface area contributed by atoms with Crippen LogP contribution in [-0.2, 0) is 10.1 Å². The Bertz CT molecular complexity index is 1080. The summed E-state index contributed by atoms with van der Waals surface area (Å²) in [5, 5.41) is 13.8. The molecule has 3 rings (SSSR count). The summed E-state index contributed by atoms with van der Waals surface area (Å²) in [6, 6.07) is 14.8. The van der Waals surface area contributed by atoms with E-state index in [1.165, 1.54) is 11.8 Å². The van der Waals surface area contributed by atoms with Gasteiger partial charge >= 0.3 is 6.18 Å². The fourth-order valence-electron chi connectivity index (χ4n) is 4.21. The van der Waals surface area contributed by atoms with E-state index in [2.05, 4.69) is 5.32 Å². The topological polar surface area (TPSA) is 95.9 Å². The van der Waals surface area contributed by atoms with Crippen molar-refractivity contribution in [3.63, 3.8) is 0 Å². The fraction of sp³-hybridized carbons (Fsp3) is 0.500. The van der Waals surface area contributed by atoms with Crippen molar-refractivity contribution in [2.45, 2.75) is 61.4 Å². The Labute approximate surface area is 208 Å². The molecule has 11 heteroatoms. The first-order valence-electron chi connectivity index (χ1n) is 11.3.